The van der Waals surface area contributed by atoms with Crippen molar-refractivity contribution in [3.05, 3.63) is 29.8 Å². The molecule has 0 bridgehead atoms. The number of benzene rings is 1. The Morgan fingerprint density at radius 2 is 2.24 bits per heavy atom. The summed E-state index contributed by atoms with van der Waals surface area (Å²) in [4.78, 5) is 13.0. The molecule has 0 radical (unpaired) electrons. The Kier molecular flexibility index (Phi) is 4.97. The third-order valence-corrected chi connectivity index (χ3v) is 2.76. The van der Waals surface area contributed by atoms with Gasteiger partial charge >= 0.3 is 5.97 Å². The summed E-state index contributed by atoms with van der Waals surface area (Å²) in [6.07, 6.45) is 1.52. The van der Waals surface area contributed by atoms with Gasteiger partial charge < -0.3 is 10.8 Å². The summed E-state index contributed by atoms with van der Waals surface area (Å²) in [6, 6.07) is 7.11. The van der Waals surface area contributed by atoms with Crippen LogP contribution in [0.1, 0.15) is 25.3 Å². The smallest absolute Gasteiger partial charge is 0.320 e. The van der Waals surface area contributed by atoms with Crippen LogP contribution in [0.2, 0.25) is 0 Å². The van der Waals surface area contributed by atoms with E-state index in [1.165, 1.54) is 0 Å². The van der Waals surface area contributed by atoms with Crippen LogP contribution < -0.4 is 5.73 Å². The minimum Gasteiger partial charge on any atom is -0.480 e. The van der Waals surface area contributed by atoms with Crippen molar-refractivity contribution in [1.29, 1.82) is 0 Å². The van der Waals surface area contributed by atoms with Gasteiger partial charge in [0, 0.05) is 12.2 Å². The zero-order chi connectivity index (χ0) is 12.8. The molecule has 1 atom stereocenters. The Labute approximate surface area is 102 Å². The molecule has 0 aliphatic heterocycles. The van der Waals surface area contributed by atoms with Crippen molar-refractivity contribution in [2.45, 2.75) is 32.4 Å². The third kappa shape index (κ3) is 4.07. The molecule has 0 saturated carbocycles. The second kappa shape index (κ2) is 6.25. The molecule has 0 spiro atoms. The van der Waals surface area contributed by atoms with Gasteiger partial charge in [-0.25, -0.2) is 0 Å². The van der Waals surface area contributed by atoms with Crippen LogP contribution in [-0.4, -0.2) is 29.1 Å². The lowest BCUT2D eigenvalue weighted by molar-refractivity contribution is -0.143. The first-order valence-corrected chi connectivity index (χ1v) is 5.82. The van der Waals surface area contributed by atoms with Crippen LogP contribution in [0.4, 0.5) is 5.69 Å². The zero-order valence-electron chi connectivity index (χ0n) is 10.4. The number of nitrogen functional groups attached to an aromatic ring is 1. The molecule has 0 fully saturated rings. The maximum atomic E-state index is 11.1. The molecule has 1 aromatic rings. The van der Waals surface area contributed by atoms with E-state index in [0.29, 0.717) is 18.7 Å². The van der Waals surface area contributed by atoms with Crippen LogP contribution in [0.5, 0.6) is 0 Å². The minimum absolute atomic E-state index is 0.429. The SMILES string of the molecule is CCCC(C(=O)O)N(C)Cc1cccc(N)c1. The van der Waals surface area contributed by atoms with Crippen LogP contribution in [0.25, 0.3) is 0 Å². The summed E-state index contributed by atoms with van der Waals surface area (Å²) < 4.78 is 0. The Hall–Kier alpha value is -1.55. The number of carbonyl (C=O) groups is 1. The van der Waals surface area contributed by atoms with E-state index >= 15 is 0 Å². The van der Waals surface area contributed by atoms with E-state index in [9.17, 15) is 4.79 Å². The number of carboxylic acids is 1. The lowest BCUT2D eigenvalue weighted by atomic mass is 10.1. The van der Waals surface area contributed by atoms with E-state index < -0.39 is 12.0 Å². The Morgan fingerprint density at radius 1 is 1.53 bits per heavy atom. The number of nitrogens with two attached hydrogens (primary N) is 1. The molecular formula is C13H20N2O2. The van der Waals surface area contributed by atoms with Crippen molar-refractivity contribution in [2.24, 2.45) is 0 Å². The number of hydrogen-bond acceptors (Lipinski definition) is 3. The molecule has 3 N–H and O–H groups in total. The molecule has 0 saturated heterocycles. The van der Waals surface area contributed by atoms with Gasteiger partial charge in [0.1, 0.15) is 6.04 Å². The average Bonchev–Trinajstić information content (AvgIpc) is 2.25. The van der Waals surface area contributed by atoms with E-state index in [4.69, 9.17) is 10.8 Å². The van der Waals surface area contributed by atoms with Crippen molar-refractivity contribution in [3.8, 4) is 0 Å². The zero-order valence-corrected chi connectivity index (χ0v) is 10.4. The van der Waals surface area contributed by atoms with Crippen LogP contribution in [-0.2, 0) is 11.3 Å². The first kappa shape index (κ1) is 13.5. The van der Waals surface area contributed by atoms with Gasteiger partial charge in [-0.3, -0.25) is 9.69 Å². The van der Waals surface area contributed by atoms with Crippen molar-refractivity contribution in [2.75, 3.05) is 12.8 Å². The molecule has 1 aromatic carbocycles. The Bertz CT molecular complexity index is 379. The number of anilines is 1. The van der Waals surface area contributed by atoms with Crippen molar-refractivity contribution < 1.29 is 9.90 Å². The van der Waals surface area contributed by atoms with Gasteiger partial charge in [-0.2, -0.15) is 0 Å². The summed E-state index contributed by atoms with van der Waals surface area (Å²) >= 11 is 0. The molecule has 0 aliphatic rings. The van der Waals surface area contributed by atoms with Crippen LogP contribution in [0.15, 0.2) is 24.3 Å². The predicted molar refractivity (Wildman–Crippen MR) is 68.7 cm³/mol. The molecular weight excluding hydrogens is 216 g/mol. The summed E-state index contributed by atoms with van der Waals surface area (Å²) in [5.41, 5.74) is 7.44. The van der Waals surface area contributed by atoms with Gasteiger partial charge in [0.05, 0.1) is 0 Å². The van der Waals surface area contributed by atoms with Gasteiger partial charge in [-0.05, 0) is 31.2 Å². The molecule has 17 heavy (non-hydrogen) atoms. The molecule has 0 aliphatic carbocycles. The Balaban J connectivity index is 2.69. The maximum absolute atomic E-state index is 11.1. The lowest BCUT2D eigenvalue weighted by Crippen LogP contribution is -2.37. The number of hydrogen-bond donors (Lipinski definition) is 2. The van der Waals surface area contributed by atoms with Gasteiger partial charge in [0.15, 0.2) is 0 Å². The highest BCUT2D eigenvalue weighted by Gasteiger charge is 2.21. The summed E-state index contributed by atoms with van der Waals surface area (Å²) in [7, 11) is 1.83. The van der Waals surface area contributed by atoms with Crippen LogP contribution in [0.3, 0.4) is 0 Å². The largest absolute Gasteiger partial charge is 0.480 e. The standard InChI is InChI=1S/C13H20N2O2/c1-3-5-12(13(16)17)15(2)9-10-6-4-7-11(14)8-10/h4,6-8,12H,3,5,9,14H2,1-2H3,(H,16,17). The molecule has 1 rings (SSSR count). The minimum atomic E-state index is -0.766. The number of aliphatic carboxylic acids is 1. The Morgan fingerprint density at radius 3 is 2.76 bits per heavy atom. The maximum Gasteiger partial charge on any atom is 0.320 e. The van der Waals surface area contributed by atoms with Gasteiger partial charge in [-0.1, -0.05) is 25.5 Å². The number of rotatable bonds is 6. The van der Waals surface area contributed by atoms with Gasteiger partial charge in [0.25, 0.3) is 0 Å². The van der Waals surface area contributed by atoms with E-state index in [2.05, 4.69) is 0 Å². The van der Waals surface area contributed by atoms with E-state index in [0.717, 1.165) is 12.0 Å². The fourth-order valence-corrected chi connectivity index (χ4v) is 1.90. The van der Waals surface area contributed by atoms with Gasteiger partial charge in [0.2, 0.25) is 0 Å². The fraction of sp³-hybridized carbons (Fsp3) is 0.462. The van der Waals surface area contributed by atoms with E-state index in [-0.39, 0.29) is 0 Å². The summed E-state index contributed by atoms with van der Waals surface area (Å²) in [5, 5.41) is 9.14. The van der Waals surface area contributed by atoms with Crippen LogP contribution >= 0.6 is 0 Å². The van der Waals surface area contributed by atoms with Crippen molar-refractivity contribution in [3.63, 3.8) is 0 Å². The van der Waals surface area contributed by atoms with Gasteiger partial charge in [-0.15, -0.1) is 0 Å². The molecule has 4 heteroatoms. The highest BCUT2D eigenvalue weighted by Crippen LogP contribution is 2.13. The predicted octanol–water partition coefficient (Wildman–Crippen LogP) is 1.95. The summed E-state index contributed by atoms with van der Waals surface area (Å²) in [5.74, 6) is -0.766. The molecule has 1 unspecified atom stereocenters. The second-order valence-electron chi connectivity index (χ2n) is 4.30. The molecule has 4 nitrogen and oxygen atoms in total. The quantitative estimate of drug-likeness (QED) is 0.741. The highest BCUT2D eigenvalue weighted by molar-refractivity contribution is 5.73. The molecule has 0 amide bonds. The second-order valence-corrected chi connectivity index (χ2v) is 4.30. The summed E-state index contributed by atoms with van der Waals surface area (Å²) in [6.45, 7) is 2.59. The third-order valence-electron chi connectivity index (χ3n) is 2.76. The fourth-order valence-electron chi connectivity index (χ4n) is 1.90. The van der Waals surface area contributed by atoms with Crippen molar-refractivity contribution in [1.82, 2.24) is 4.90 Å². The normalized spacial score (nSPS) is 12.6. The van der Waals surface area contributed by atoms with E-state index in [1.54, 1.807) is 0 Å². The first-order valence-electron chi connectivity index (χ1n) is 5.82. The number of carboxylic acid groups (broad SMARTS) is 1. The monoisotopic (exact) mass is 236 g/mol. The average molecular weight is 236 g/mol. The lowest BCUT2D eigenvalue weighted by Gasteiger charge is -2.24. The van der Waals surface area contributed by atoms with Crippen LogP contribution in [0, 0.1) is 0 Å². The topological polar surface area (TPSA) is 66.6 Å². The molecule has 94 valence electrons. The number of nitrogens with zero attached hydrogens (tertiary/aromatic N) is 1. The van der Waals surface area contributed by atoms with E-state index in [1.807, 2.05) is 43.1 Å². The molecule has 0 aromatic heterocycles. The first-order chi connectivity index (χ1) is 8.04. The number of likely N-dealkylation sites (N-methyl/N-ethyl adjacent to an activating group) is 1. The van der Waals surface area contributed by atoms with Crippen molar-refractivity contribution >= 4 is 11.7 Å². The highest BCUT2D eigenvalue weighted by atomic mass is 16.4. The molecule has 0 heterocycles.